The number of aromatic nitrogens is 2. The minimum atomic E-state index is -0.365. The van der Waals surface area contributed by atoms with Crippen LogP contribution in [0.25, 0.3) is 0 Å². The topological polar surface area (TPSA) is 56.3 Å². The predicted molar refractivity (Wildman–Crippen MR) is 77.7 cm³/mol. The molecule has 110 valence electrons. The van der Waals surface area contributed by atoms with Gasteiger partial charge in [0.05, 0.1) is 13.2 Å². The molecule has 1 aromatic heterocycles. The lowest BCUT2D eigenvalue weighted by Gasteiger charge is -2.40. The molecule has 1 saturated heterocycles. The molecular formula is C14H21N3O2S. The Balaban J connectivity index is 1.72. The molecule has 0 amide bonds. The third kappa shape index (κ3) is 2.98. The highest BCUT2D eigenvalue weighted by Gasteiger charge is 2.45. The Labute approximate surface area is 123 Å². The number of hydrogen-bond acceptors (Lipinski definition) is 6. The molecule has 6 heteroatoms. The van der Waals surface area contributed by atoms with Crippen molar-refractivity contribution in [3.05, 3.63) is 18.0 Å². The van der Waals surface area contributed by atoms with Gasteiger partial charge in [-0.15, -0.1) is 0 Å². The number of thioether (sulfide) groups is 1. The summed E-state index contributed by atoms with van der Waals surface area (Å²) in [6, 6.07) is 0.448. The molecule has 3 rings (SSSR count). The molecule has 2 unspecified atom stereocenters. The molecule has 1 aliphatic carbocycles. The van der Waals surface area contributed by atoms with Crippen molar-refractivity contribution in [2.24, 2.45) is 0 Å². The van der Waals surface area contributed by atoms with Crippen LogP contribution in [0.1, 0.15) is 24.8 Å². The number of ether oxygens (including phenoxy) is 2. The number of aryl methyl sites for hydroxylation is 1. The summed E-state index contributed by atoms with van der Waals surface area (Å²) in [6.45, 7) is 3.42. The number of hydrogen-bond donors (Lipinski definition) is 1. The van der Waals surface area contributed by atoms with Crippen LogP contribution in [0.2, 0.25) is 0 Å². The van der Waals surface area contributed by atoms with Gasteiger partial charge < -0.3 is 14.8 Å². The second-order valence-electron chi connectivity index (χ2n) is 5.44. The maximum absolute atomic E-state index is 5.86. The highest BCUT2D eigenvalue weighted by molar-refractivity contribution is 7.99. The van der Waals surface area contributed by atoms with Crippen molar-refractivity contribution in [1.29, 1.82) is 0 Å². The standard InChI is InChI=1S/C14H21N3O2S/c1-10-8-16-13(17-9-10)20-12-7-14(18-5-6-19-14)4-3-11(12)15-2/h8-9,11-12,15H,3-7H2,1-2H3. The van der Waals surface area contributed by atoms with Crippen molar-refractivity contribution < 1.29 is 9.47 Å². The van der Waals surface area contributed by atoms with E-state index in [1.807, 2.05) is 26.4 Å². The summed E-state index contributed by atoms with van der Waals surface area (Å²) < 4.78 is 11.7. The van der Waals surface area contributed by atoms with E-state index in [0.29, 0.717) is 24.5 Å². The fraction of sp³-hybridized carbons (Fsp3) is 0.714. The normalized spacial score (nSPS) is 28.9. The molecule has 2 heterocycles. The van der Waals surface area contributed by atoms with E-state index in [9.17, 15) is 0 Å². The van der Waals surface area contributed by atoms with Gasteiger partial charge in [0.15, 0.2) is 10.9 Å². The summed E-state index contributed by atoms with van der Waals surface area (Å²) in [6.07, 6.45) is 6.64. The molecular weight excluding hydrogens is 274 g/mol. The van der Waals surface area contributed by atoms with Crippen molar-refractivity contribution >= 4 is 11.8 Å². The molecule has 2 atom stereocenters. The van der Waals surface area contributed by atoms with E-state index in [1.165, 1.54) is 0 Å². The Hall–Kier alpha value is -0.690. The highest BCUT2D eigenvalue weighted by Crippen LogP contribution is 2.41. The minimum absolute atomic E-state index is 0.365. The lowest BCUT2D eigenvalue weighted by Crippen LogP contribution is -2.48. The van der Waals surface area contributed by atoms with Gasteiger partial charge in [-0.3, -0.25) is 0 Å². The van der Waals surface area contributed by atoms with Gasteiger partial charge in [0, 0.05) is 36.5 Å². The largest absolute Gasteiger partial charge is 0.347 e. The van der Waals surface area contributed by atoms with E-state index in [2.05, 4.69) is 15.3 Å². The van der Waals surface area contributed by atoms with Crippen molar-refractivity contribution in [1.82, 2.24) is 15.3 Å². The SMILES string of the molecule is CNC1CCC2(CC1Sc1ncc(C)cn1)OCCO2. The molecule has 5 nitrogen and oxygen atoms in total. The minimum Gasteiger partial charge on any atom is -0.347 e. The zero-order valence-electron chi connectivity index (χ0n) is 12.0. The summed E-state index contributed by atoms with van der Waals surface area (Å²) >= 11 is 1.72. The molecule has 2 aliphatic rings. The van der Waals surface area contributed by atoms with E-state index in [0.717, 1.165) is 30.0 Å². The summed E-state index contributed by atoms with van der Waals surface area (Å²) in [5, 5.41) is 4.60. The Kier molecular flexibility index (Phi) is 4.26. The number of nitrogens with zero attached hydrogens (tertiary/aromatic N) is 2. The van der Waals surface area contributed by atoms with Gasteiger partial charge in [-0.05, 0) is 26.0 Å². The van der Waals surface area contributed by atoms with Gasteiger partial charge >= 0.3 is 0 Å². The first kappa shape index (κ1) is 14.3. The molecule has 1 saturated carbocycles. The van der Waals surface area contributed by atoms with Crippen LogP contribution in [0.5, 0.6) is 0 Å². The Morgan fingerprint density at radius 1 is 1.30 bits per heavy atom. The molecule has 1 aliphatic heterocycles. The molecule has 20 heavy (non-hydrogen) atoms. The van der Waals surface area contributed by atoms with Crippen molar-refractivity contribution in [2.75, 3.05) is 20.3 Å². The first-order valence-corrected chi connectivity index (χ1v) is 7.99. The molecule has 1 N–H and O–H groups in total. The summed E-state index contributed by atoms with van der Waals surface area (Å²) in [4.78, 5) is 8.80. The average molecular weight is 295 g/mol. The fourth-order valence-corrected chi connectivity index (χ4v) is 4.17. The summed E-state index contributed by atoms with van der Waals surface area (Å²) in [7, 11) is 2.02. The van der Waals surface area contributed by atoms with Crippen LogP contribution in [-0.4, -0.2) is 47.3 Å². The summed E-state index contributed by atoms with van der Waals surface area (Å²) in [5.41, 5.74) is 1.09. The second-order valence-corrected chi connectivity index (χ2v) is 6.65. The van der Waals surface area contributed by atoms with Crippen LogP contribution in [0, 0.1) is 6.92 Å². The van der Waals surface area contributed by atoms with Crippen LogP contribution in [-0.2, 0) is 9.47 Å². The van der Waals surface area contributed by atoms with Gasteiger partial charge in [0.2, 0.25) is 0 Å². The maximum atomic E-state index is 5.86. The van der Waals surface area contributed by atoms with E-state index < -0.39 is 0 Å². The molecule has 1 aromatic rings. The maximum Gasteiger partial charge on any atom is 0.187 e. The first-order valence-electron chi connectivity index (χ1n) is 7.11. The number of rotatable bonds is 3. The van der Waals surface area contributed by atoms with Gasteiger partial charge in [0.1, 0.15) is 0 Å². The predicted octanol–water partition coefficient (Wildman–Crippen LogP) is 1.76. The monoisotopic (exact) mass is 295 g/mol. The van der Waals surface area contributed by atoms with Gasteiger partial charge in [-0.2, -0.15) is 0 Å². The van der Waals surface area contributed by atoms with Crippen LogP contribution in [0.3, 0.4) is 0 Å². The third-order valence-electron chi connectivity index (χ3n) is 4.00. The molecule has 1 spiro atoms. The fourth-order valence-electron chi connectivity index (χ4n) is 2.90. The summed E-state index contributed by atoms with van der Waals surface area (Å²) in [5.74, 6) is -0.365. The lowest BCUT2D eigenvalue weighted by atomic mass is 9.89. The van der Waals surface area contributed by atoms with Gasteiger partial charge in [-0.25, -0.2) is 9.97 Å². The quantitative estimate of drug-likeness (QED) is 0.858. The third-order valence-corrected chi connectivity index (χ3v) is 5.22. The molecule has 0 aromatic carbocycles. The Morgan fingerprint density at radius 3 is 2.65 bits per heavy atom. The number of nitrogens with one attached hydrogen (secondary N) is 1. The highest BCUT2D eigenvalue weighted by atomic mass is 32.2. The molecule has 0 bridgehead atoms. The van der Waals surface area contributed by atoms with E-state index in [-0.39, 0.29) is 5.79 Å². The second kappa shape index (κ2) is 5.97. The Bertz CT molecular complexity index is 448. The van der Waals surface area contributed by atoms with Gasteiger partial charge in [0.25, 0.3) is 0 Å². The average Bonchev–Trinajstić information content (AvgIpc) is 2.90. The lowest BCUT2D eigenvalue weighted by molar-refractivity contribution is -0.177. The van der Waals surface area contributed by atoms with E-state index in [4.69, 9.17) is 9.47 Å². The van der Waals surface area contributed by atoms with Crippen LogP contribution in [0.4, 0.5) is 0 Å². The van der Waals surface area contributed by atoms with Crippen molar-refractivity contribution in [3.8, 4) is 0 Å². The molecule has 2 fully saturated rings. The Morgan fingerprint density at radius 2 is 2.00 bits per heavy atom. The van der Waals surface area contributed by atoms with Crippen LogP contribution in [0.15, 0.2) is 17.6 Å². The van der Waals surface area contributed by atoms with Crippen molar-refractivity contribution in [3.63, 3.8) is 0 Å². The zero-order chi connectivity index (χ0) is 14.0. The zero-order valence-corrected chi connectivity index (χ0v) is 12.8. The van der Waals surface area contributed by atoms with Crippen LogP contribution >= 0.6 is 11.8 Å². The van der Waals surface area contributed by atoms with Gasteiger partial charge in [-0.1, -0.05) is 11.8 Å². The molecule has 0 radical (unpaired) electrons. The van der Waals surface area contributed by atoms with Crippen LogP contribution < -0.4 is 5.32 Å². The first-order chi connectivity index (χ1) is 9.71. The van der Waals surface area contributed by atoms with Crippen molar-refractivity contribution in [2.45, 2.75) is 48.4 Å². The van der Waals surface area contributed by atoms with E-state index in [1.54, 1.807) is 11.8 Å². The van der Waals surface area contributed by atoms with E-state index >= 15 is 0 Å². The smallest absolute Gasteiger partial charge is 0.187 e.